The summed E-state index contributed by atoms with van der Waals surface area (Å²) < 4.78 is 27.2. The van der Waals surface area contributed by atoms with E-state index in [1.165, 1.54) is 19.0 Å². The number of fused-ring (bicyclic) bond motifs is 9. The van der Waals surface area contributed by atoms with Gasteiger partial charge in [0.25, 0.3) is 34.7 Å². The highest BCUT2D eigenvalue weighted by Crippen LogP contribution is 2.40. The molecule has 12 N–H and O–H groups in total. The molecule has 30 heteroatoms. The van der Waals surface area contributed by atoms with Gasteiger partial charge in [0.05, 0.1) is 52.0 Å². The van der Waals surface area contributed by atoms with E-state index in [4.69, 9.17) is 62.9 Å². The van der Waals surface area contributed by atoms with Crippen LogP contribution in [0, 0.1) is 20.8 Å². The molecule has 0 atom stereocenters. The minimum atomic E-state index is -0.0910. The van der Waals surface area contributed by atoms with Crippen molar-refractivity contribution < 1.29 is 13.3 Å². The van der Waals surface area contributed by atoms with E-state index in [0.717, 1.165) is 115 Å². The summed E-state index contributed by atoms with van der Waals surface area (Å²) in [6, 6.07) is 50.8. The number of nitrogens with zero attached hydrogens (tertiary/aromatic N) is 18. The van der Waals surface area contributed by atoms with Crippen molar-refractivity contribution in [3.8, 4) is 39.5 Å². The Morgan fingerprint density at radius 3 is 1.10 bits per heavy atom. The van der Waals surface area contributed by atoms with E-state index in [2.05, 4.69) is 57.0 Å². The first-order valence-corrected chi connectivity index (χ1v) is 36.3. The topological polar surface area (TPSA) is 431 Å². The Labute approximate surface area is 632 Å². The lowest BCUT2D eigenvalue weighted by molar-refractivity contribution is 0.298. The first-order valence-electron chi connectivity index (χ1n) is 36.3. The monoisotopic (exact) mass is 1480 g/mol. The van der Waals surface area contributed by atoms with Crippen LogP contribution in [0.25, 0.3) is 138 Å². The number of nitrogens with two attached hydrogens (primary N) is 6. The lowest BCUT2D eigenvalue weighted by Crippen LogP contribution is -2.32. The number of hydrogen-bond donors (Lipinski definition) is 6. The molecule has 0 saturated heterocycles. The number of hydrogen-bond acceptors (Lipinski definition) is 24. The van der Waals surface area contributed by atoms with Gasteiger partial charge in [-0.2, -0.15) is 30.2 Å². The molecular weight excluding hydrogens is 1420 g/mol. The van der Waals surface area contributed by atoms with Gasteiger partial charge in [0.15, 0.2) is 33.7 Å². The van der Waals surface area contributed by atoms with Gasteiger partial charge in [0.1, 0.15) is 70.1 Å². The van der Waals surface area contributed by atoms with Crippen molar-refractivity contribution in [1.29, 1.82) is 0 Å². The van der Waals surface area contributed by atoms with Gasteiger partial charge in [0.2, 0.25) is 0 Å². The van der Waals surface area contributed by atoms with Gasteiger partial charge in [-0.15, -0.1) is 0 Å². The van der Waals surface area contributed by atoms with Crippen molar-refractivity contribution >= 4 is 134 Å². The second-order valence-corrected chi connectivity index (χ2v) is 28.3. The Morgan fingerprint density at radius 2 is 0.732 bits per heavy atom. The summed E-state index contributed by atoms with van der Waals surface area (Å²) in [6.07, 6.45) is 9.36. The highest BCUT2D eigenvalue weighted by molar-refractivity contribution is 6.02. The highest BCUT2D eigenvalue weighted by Gasteiger charge is 2.31. The molecule has 552 valence electrons. The van der Waals surface area contributed by atoms with E-state index in [1.54, 1.807) is 36.8 Å². The molecule has 0 bridgehead atoms. The molecule has 0 amide bonds. The molecule has 112 heavy (non-hydrogen) atoms. The van der Waals surface area contributed by atoms with Gasteiger partial charge in [-0.05, 0) is 171 Å². The van der Waals surface area contributed by atoms with Gasteiger partial charge >= 0.3 is 0 Å². The third-order valence-electron chi connectivity index (χ3n) is 21.1. The predicted molar refractivity (Wildman–Crippen MR) is 430 cm³/mol. The van der Waals surface area contributed by atoms with Crippen molar-refractivity contribution in [2.45, 2.75) is 84.6 Å². The first kappa shape index (κ1) is 67.6. The molecule has 30 nitrogen and oxygen atoms in total. The van der Waals surface area contributed by atoms with Gasteiger partial charge in [-0.3, -0.25) is 19.0 Å². The summed E-state index contributed by atoms with van der Waals surface area (Å²) in [5, 5.41) is 21.6. The molecule has 12 heterocycles. The molecule has 12 aromatic heterocycles. The third kappa shape index (κ3) is 11.6. The number of oxazole rings is 3. The molecule has 2 saturated carbocycles. The van der Waals surface area contributed by atoms with E-state index in [9.17, 15) is 14.4 Å². The largest absolute Gasteiger partial charge is 0.424 e. The van der Waals surface area contributed by atoms with E-state index in [-0.39, 0.29) is 53.4 Å². The normalized spacial score (nSPS) is 13.1. The van der Waals surface area contributed by atoms with Crippen LogP contribution in [0.4, 0.5) is 35.5 Å². The molecule has 21 rings (SSSR count). The number of para-hydroxylation sites is 1. The zero-order valence-electron chi connectivity index (χ0n) is 60.5. The predicted octanol–water partition coefficient (Wildman–Crippen LogP) is 12.5. The highest BCUT2D eigenvalue weighted by atomic mass is 16.4. The van der Waals surface area contributed by atoms with Crippen LogP contribution in [-0.2, 0) is 19.6 Å². The summed E-state index contributed by atoms with van der Waals surface area (Å²) in [4.78, 5) is 80.1. The van der Waals surface area contributed by atoms with Crippen LogP contribution < -0.4 is 51.1 Å². The maximum absolute atomic E-state index is 13.9. The van der Waals surface area contributed by atoms with Crippen molar-refractivity contribution in [2.24, 2.45) is 0 Å². The number of rotatable bonds is 12. The molecule has 0 spiro atoms. The zero-order valence-corrected chi connectivity index (χ0v) is 60.5. The number of benzene rings is 7. The summed E-state index contributed by atoms with van der Waals surface area (Å²) >= 11 is 0. The van der Waals surface area contributed by atoms with Crippen molar-refractivity contribution in [3.63, 3.8) is 0 Å². The minimum Gasteiger partial charge on any atom is -0.424 e. The Bertz CT molecular complexity index is 7280. The van der Waals surface area contributed by atoms with Crippen LogP contribution in [0.15, 0.2) is 204 Å². The Hall–Kier alpha value is -15.0. The summed E-state index contributed by atoms with van der Waals surface area (Å²) in [5.41, 5.74) is 51.9. The quantitative estimate of drug-likeness (QED) is 0.0661. The second-order valence-electron chi connectivity index (χ2n) is 28.3. The lowest BCUT2D eigenvalue weighted by Gasteiger charge is -2.30. The maximum atomic E-state index is 13.9. The fraction of sp³-hybridized carbons (Fsp3) is 0.159. The van der Waals surface area contributed by atoms with E-state index in [0.29, 0.717) is 119 Å². The number of nitrogen functional groups attached to an aromatic ring is 6. The number of anilines is 6. The standard InChI is InChI=1S/C29H22N8O2.C27H24N8O2.C26H22N8O2/c1-16-6-5-7-17-12-20(37(28(38)23(16)17)19-8-3-2-4-9-19)14-36-27-24(26(30)32-15-33-27)25(35-36)18-10-11-22-21(13-18)34-29(31)39-22;1-14-4-2-5-15-10-18(35(17-6-3-7-17)26(36)21(14)15)12-34-25-22(24(28)30-13-31-25)23(33-34)16-8-9-20-19(11-16)32-27(29)37-20;1-13-3-2-4-14-9-17(34(16-6-7-16)25(35)20(13)14)11-33-24-21(23(27)29-12-30-24)22(32-33)15-5-8-19-18(10-15)31-26(28)36-19/h2-13,15H,14H2,1H3,(H2,31,34)(H2,30,32,33);2,4-5,8-11,13,17H,3,6-7,12H2,1H3,(H2,29,32)(H2,28,30,31);2-5,8-10,12,16H,6-7,11H2,1H3,(H2,28,31)(H2,27,29,30). The van der Waals surface area contributed by atoms with Crippen LogP contribution in [0.2, 0.25) is 0 Å². The molecule has 19 aromatic rings. The van der Waals surface area contributed by atoms with Gasteiger partial charge < -0.3 is 56.8 Å². The second kappa shape index (κ2) is 26.5. The van der Waals surface area contributed by atoms with Gasteiger partial charge in [-0.1, -0.05) is 72.8 Å². The Kier molecular flexibility index (Phi) is 16.0. The first-order chi connectivity index (χ1) is 54.4. The van der Waals surface area contributed by atoms with Gasteiger partial charge in [-0.25, -0.2) is 43.9 Å². The fourth-order valence-electron chi connectivity index (χ4n) is 15.6. The maximum Gasteiger partial charge on any atom is 0.292 e. The van der Waals surface area contributed by atoms with Gasteiger partial charge in [0, 0.05) is 51.5 Å². The smallest absolute Gasteiger partial charge is 0.292 e. The number of aromatic nitrogens is 18. The number of pyridine rings is 3. The summed E-state index contributed by atoms with van der Waals surface area (Å²) in [6.45, 7) is 6.91. The average molecular weight is 1490 g/mol. The molecule has 7 aromatic carbocycles. The molecule has 0 aliphatic heterocycles. The Morgan fingerprint density at radius 1 is 0.375 bits per heavy atom. The minimum absolute atomic E-state index is 0.0444. The van der Waals surface area contributed by atoms with E-state index >= 15 is 0 Å². The Balaban J connectivity index is 0.000000113. The molecule has 2 aliphatic rings. The average Bonchev–Trinajstić information content (AvgIpc) is 1.74. The van der Waals surface area contributed by atoms with Crippen LogP contribution in [0.3, 0.4) is 0 Å². The number of aryl methyl sites for hydroxylation is 3. The molecule has 2 aliphatic carbocycles. The van der Waals surface area contributed by atoms with Crippen LogP contribution >= 0.6 is 0 Å². The van der Waals surface area contributed by atoms with Crippen LogP contribution in [0.1, 0.15) is 78.0 Å². The lowest BCUT2D eigenvalue weighted by atomic mass is 9.91. The SMILES string of the molecule is Cc1cccc2cc(Cn3nc(-c4ccc5oc(N)nc5c4)c4c(N)ncnc43)n(-c3ccccc3)c(=O)c12.Cc1cccc2cc(Cn3nc(-c4ccc5oc(N)nc5c4)c4c(N)ncnc43)n(C3CC3)c(=O)c12.Cc1cccc2cc(Cn3nc(-c4ccc5oc(N)nc5c4)c4c(N)ncnc43)n(C3CCC3)c(=O)c12. The van der Waals surface area contributed by atoms with E-state index < -0.39 is 0 Å². The van der Waals surface area contributed by atoms with Crippen molar-refractivity contribution in [3.05, 3.63) is 242 Å². The third-order valence-corrected chi connectivity index (χ3v) is 21.1. The van der Waals surface area contributed by atoms with Crippen molar-refractivity contribution in [2.75, 3.05) is 34.4 Å². The molecule has 0 radical (unpaired) electrons. The molecule has 0 unspecified atom stereocenters. The zero-order chi connectivity index (χ0) is 76.5. The molecular formula is C82H68N24O6. The molecule has 2 fully saturated rings. The van der Waals surface area contributed by atoms with E-state index in [1.807, 2.05) is 157 Å². The van der Waals surface area contributed by atoms with Crippen LogP contribution in [-0.4, -0.2) is 87.9 Å². The fourth-order valence-corrected chi connectivity index (χ4v) is 15.6. The van der Waals surface area contributed by atoms with Crippen molar-refractivity contribution in [1.82, 2.24) is 87.9 Å². The summed E-state index contributed by atoms with van der Waals surface area (Å²) in [5.74, 6) is 0.960. The van der Waals surface area contributed by atoms with Crippen LogP contribution in [0.5, 0.6) is 0 Å². The summed E-state index contributed by atoms with van der Waals surface area (Å²) in [7, 11) is 0.